The smallest absolute Gasteiger partial charge is 0.275 e. The van der Waals surface area contributed by atoms with Crippen molar-refractivity contribution in [2.75, 3.05) is 7.05 Å². The third-order valence-corrected chi connectivity index (χ3v) is 5.04. The van der Waals surface area contributed by atoms with Crippen LogP contribution in [0.25, 0.3) is 4.96 Å². The molecule has 0 N–H and O–H groups in total. The molecule has 1 aliphatic carbocycles. The number of hydrogen-bond donors (Lipinski definition) is 0. The number of aromatic nitrogens is 3. The zero-order chi connectivity index (χ0) is 15.8. The van der Waals surface area contributed by atoms with Crippen LogP contribution in [0.4, 0.5) is 0 Å². The highest BCUT2D eigenvalue weighted by molar-refractivity contribution is 7.16. The van der Waals surface area contributed by atoms with Crippen molar-refractivity contribution in [3.05, 3.63) is 63.0 Å². The van der Waals surface area contributed by atoms with Gasteiger partial charge in [0.15, 0.2) is 0 Å². The molecule has 0 aliphatic heterocycles. The molecule has 1 fully saturated rings. The van der Waals surface area contributed by atoms with Crippen molar-refractivity contribution in [2.24, 2.45) is 0 Å². The lowest BCUT2D eigenvalue weighted by Crippen LogP contribution is -2.21. The van der Waals surface area contributed by atoms with Crippen LogP contribution in [0.2, 0.25) is 0 Å². The molecule has 0 radical (unpaired) electrons. The summed E-state index contributed by atoms with van der Waals surface area (Å²) in [7, 11) is 2.04. The Hall–Kier alpha value is -2.05. The topological polar surface area (TPSA) is 50.5 Å². The first-order chi connectivity index (χ1) is 11.2. The standard InChI is InChI=1S/C17H18N4OS/c1-20(10-12-5-3-2-4-6-12)11-14-9-15(22)21-17(18-14)23-16(19-21)13-7-8-13/h2-6,9,13H,7-8,10-11H2,1H3. The van der Waals surface area contributed by atoms with Gasteiger partial charge in [-0.15, -0.1) is 0 Å². The summed E-state index contributed by atoms with van der Waals surface area (Å²) >= 11 is 1.55. The lowest BCUT2D eigenvalue weighted by Gasteiger charge is -2.15. The molecule has 0 saturated heterocycles. The molecule has 23 heavy (non-hydrogen) atoms. The van der Waals surface area contributed by atoms with Crippen LogP contribution in [-0.2, 0) is 13.1 Å². The van der Waals surface area contributed by atoms with Gasteiger partial charge in [0.05, 0.1) is 5.69 Å². The lowest BCUT2D eigenvalue weighted by molar-refractivity contribution is 0.315. The highest BCUT2D eigenvalue weighted by Crippen LogP contribution is 2.41. The van der Waals surface area contributed by atoms with Crippen LogP contribution in [0.5, 0.6) is 0 Å². The Bertz CT molecular complexity index is 882. The number of hydrogen-bond acceptors (Lipinski definition) is 5. The number of rotatable bonds is 5. The van der Waals surface area contributed by atoms with Gasteiger partial charge in [0.2, 0.25) is 4.96 Å². The van der Waals surface area contributed by atoms with Gasteiger partial charge in [-0.25, -0.2) is 4.98 Å². The van der Waals surface area contributed by atoms with E-state index in [4.69, 9.17) is 0 Å². The van der Waals surface area contributed by atoms with Crippen molar-refractivity contribution in [1.82, 2.24) is 19.5 Å². The monoisotopic (exact) mass is 326 g/mol. The van der Waals surface area contributed by atoms with E-state index in [0.717, 1.165) is 17.2 Å². The molecule has 1 aliphatic rings. The fourth-order valence-corrected chi connectivity index (χ4v) is 3.77. The number of fused-ring (bicyclic) bond motifs is 1. The van der Waals surface area contributed by atoms with Crippen LogP contribution in [0.1, 0.15) is 35.0 Å². The van der Waals surface area contributed by atoms with Gasteiger partial charge in [0.1, 0.15) is 5.01 Å². The molecule has 0 unspecified atom stereocenters. The van der Waals surface area contributed by atoms with Crippen LogP contribution < -0.4 is 5.56 Å². The van der Waals surface area contributed by atoms with Crippen LogP contribution in [0.15, 0.2) is 41.2 Å². The Labute approximate surface area is 138 Å². The van der Waals surface area contributed by atoms with Gasteiger partial charge in [-0.3, -0.25) is 9.69 Å². The minimum Gasteiger partial charge on any atom is -0.296 e. The van der Waals surface area contributed by atoms with Gasteiger partial charge >= 0.3 is 0 Å². The molecule has 6 heteroatoms. The second-order valence-electron chi connectivity index (χ2n) is 6.15. The molecule has 1 saturated carbocycles. The molecular formula is C17H18N4OS. The molecule has 2 aromatic heterocycles. The maximum Gasteiger partial charge on any atom is 0.275 e. The van der Waals surface area contributed by atoms with Crippen molar-refractivity contribution in [3.63, 3.8) is 0 Å². The van der Waals surface area contributed by atoms with Gasteiger partial charge in [-0.05, 0) is 25.5 Å². The van der Waals surface area contributed by atoms with Crippen molar-refractivity contribution in [1.29, 1.82) is 0 Å². The zero-order valence-electron chi connectivity index (χ0n) is 13.0. The van der Waals surface area contributed by atoms with Gasteiger partial charge in [0.25, 0.3) is 5.56 Å². The quantitative estimate of drug-likeness (QED) is 0.723. The second-order valence-corrected chi connectivity index (χ2v) is 7.14. The van der Waals surface area contributed by atoms with E-state index in [1.54, 1.807) is 17.4 Å². The first-order valence-electron chi connectivity index (χ1n) is 7.81. The fourth-order valence-electron chi connectivity index (χ4n) is 2.67. The summed E-state index contributed by atoms with van der Waals surface area (Å²) in [5.41, 5.74) is 1.97. The molecule has 118 valence electrons. The van der Waals surface area contributed by atoms with E-state index in [1.165, 1.54) is 22.9 Å². The molecule has 1 aromatic carbocycles. The number of nitrogens with zero attached hydrogens (tertiary/aromatic N) is 4. The average Bonchev–Trinajstić information content (AvgIpc) is 3.28. The third-order valence-electron chi connectivity index (χ3n) is 3.97. The summed E-state index contributed by atoms with van der Waals surface area (Å²) in [5, 5.41) is 5.45. The molecule has 0 atom stereocenters. The average molecular weight is 326 g/mol. The van der Waals surface area contributed by atoms with E-state index in [2.05, 4.69) is 27.1 Å². The summed E-state index contributed by atoms with van der Waals surface area (Å²) in [6.45, 7) is 1.48. The van der Waals surface area contributed by atoms with Gasteiger partial charge in [0, 0.05) is 25.1 Å². The van der Waals surface area contributed by atoms with Crippen LogP contribution in [-0.4, -0.2) is 26.5 Å². The Morgan fingerprint density at radius 2 is 2.04 bits per heavy atom. The number of benzene rings is 1. The van der Waals surface area contributed by atoms with Gasteiger partial charge < -0.3 is 0 Å². The van der Waals surface area contributed by atoms with Crippen molar-refractivity contribution in [2.45, 2.75) is 31.8 Å². The molecular weight excluding hydrogens is 308 g/mol. The first-order valence-corrected chi connectivity index (χ1v) is 8.63. The third kappa shape index (κ3) is 3.18. The minimum atomic E-state index is -0.0822. The minimum absolute atomic E-state index is 0.0822. The Balaban J connectivity index is 1.55. The molecule has 0 amide bonds. The van der Waals surface area contributed by atoms with Crippen molar-refractivity contribution >= 4 is 16.3 Å². The zero-order valence-corrected chi connectivity index (χ0v) is 13.8. The molecule has 2 heterocycles. The maximum absolute atomic E-state index is 12.2. The fraction of sp³-hybridized carbons (Fsp3) is 0.353. The predicted molar refractivity (Wildman–Crippen MR) is 90.7 cm³/mol. The SMILES string of the molecule is CN(Cc1ccccc1)Cc1cc(=O)n2nc(C3CC3)sc2n1. The Morgan fingerprint density at radius 1 is 1.26 bits per heavy atom. The maximum atomic E-state index is 12.2. The van der Waals surface area contributed by atoms with Crippen molar-refractivity contribution < 1.29 is 0 Å². The Morgan fingerprint density at radius 3 is 2.78 bits per heavy atom. The van der Waals surface area contributed by atoms with E-state index in [9.17, 15) is 4.79 Å². The summed E-state index contributed by atoms with van der Waals surface area (Å²) < 4.78 is 1.44. The lowest BCUT2D eigenvalue weighted by atomic mass is 10.2. The first kappa shape index (κ1) is 14.5. The summed E-state index contributed by atoms with van der Waals surface area (Å²) in [6, 6.07) is 11.9. The van der Waals surface area contributed by atoms with E-state index >= 15 is 0 Å². The van der Waals surface area contributed by atoms with E-state index in [-0.39, 0.29) is 5.56 Å². The molecule has 3 aromatic rings. The molecule has 5 nitrogen and oxygen atoms in total. The molecule has 0 spiro atoms. The largest absolute Gasteiger partial charge is 0.296 e. The summed E-state index contributed by atoms with van der Waals surface area (Å²) in [4.78, 5) is 19.7. The van der Waals surface area contributed by atoms with Crippen molar-refractivity contribution in [3.8, 4) is 0 Å². The summed E-state index contributed by atoms with van der Waals surface area (Å²) in [5.74, 6) is 0.547. The summed E-state index contributed by atoms with van der Waals surface area (Å²) in [6.07, 6.45) is 2.36. The normalized spacial score (nSPS) is 14.7. The Kier molecular flexibility index (Phi) is 3.71. The molecule has 4 rings (SSSR count). The van der Waals surface area contributed by atoms with E-state index in [0.29, 0.717) is 17.4 Å². The van der Waals surface area contributed by atoms with Crippen LogP contribution in [0, 0.1) is 0 Å². The van der Waals surface area contributed by atoms with Crippen LogP contribution in [0.3, 0.4) is 0 Å². The van der Waals surface area contributed by atoms with E-state index in [1.807, 2.05) is 25.2 Å². The van der Waals surface area contributed by atoms with Gasteiger partial charge in [-0.1, -0.05) is 41.7 Å². The van der Waals surface area contributed by atoms with E-state index < -0.39 is 0 Å². The van der Waals surface area contributed by atoms with Gasteiger partial charge in [-0.2, -0.15) is 9.61 Å². The highest BCUT2D eigenvalue weighted by atomic mass is 32.1. The highest BCUT2D eigenvalue weighted by Gasteiger charge is 2.28. The second kappa shape index (κ2) is 5.86. The van der Waals surface area contributed by atoms with Crippen LogP contribution >= 0.6 is 11.3 Å². The predicted octanol–water partition coefficient (Wildman–Crippen LogP) is 2.66. The molecule has 0 bridgehead atoms.